The monoisotopic (exact) mass is 302 g/mol. The molecule has 3 N–H and O–H groups in total. The number of nitrogens with two attached hydrogens (primary N) is 1. The minimum atomic E-state index is -1.32. The lowest BCUT2D eigenvalue weighted by atomic mass is 10.1. The highest BCUT2D eigenvalue weighted by atomic mass is 16.6. The van der Waals surface area contributed by atoms with Crippen LogP contribution in [0.5, 0.6) is 5.75 Å². The van der Waals surface area contributed by atoms with Crippen LogP contribution in [0.2, 0.25) is 0 Å². The van der Waals surface area contributed by atoms with E-state index in [0.717, 1.165) is 11.6 Å². The van der Waals surface area contributed by atoms with E-state index in [1.54, 1.807) is 0 Å². The van der Waals surface area contributed by atoms with Crippen molar-refractivity contribution in [2.75, 3.05) is 0 Å². The molecule has 1 atom stereocenters. The third-order valence-corrected chi connectivity index (χ3v) is 3.04. The number of benzene rings is 2. The molecule has 22 heavy (non-hydrogen) atoms. The minimum Gasteiger partial charge on any atom is -0.482 e. The van der Waals surface area contributed by atoms with Gasteiger partial charge in [-0.05, 0) is 17.2 Å². The highest BCUT2D eigenvalue weighted by Gasteiger charge is 2.21. The fourth-order valence-electron chi connectivity index (χ4n) is 1.87. The predicted octanol–water partition coefficient (Wildman–Crippen LogP) is 2.26. The summed E-state index contributed by atoms with van der Waals surface area (Å²) in [7, 11) is 0. The van der Waals surface area contributed by atoms with Crippen molar-refractivity contribution in [3.63, 3.8) is 0 Å². The Hall–Kier alpha value is -2.93. The predicted molar refractivity (Wildman–Crippen MR) is 78.4 cm³/mol. The van der Waals surface area contributed by atoms with Crippen LogP contribution in [-0.2, 0) is 11.4 Å². The van der Waals surface area contributed by atoms with Gasteiger partial charge in [0.2, 0.25) is 0 Å². The van der Waals surface area contributed by atoms with Crippen LogP contribution in [0.4, 0.5) is 5.69 Å². The zero-order chi connectivity index (χ0) is 16.1. The lowest BCUT2D eigenvalue weighted by Gasteiger charge is -2.10. The van der Waals surface area contributed by atoms with E-state index >= 15 is 0 Å². The van der Waals surface area contributed by atoms with Crippen molar-refractivity contribution >= 4 is 11.7 Å². The van der Waals surface area contributed by atoms with E-state index in [1.807, 2.05) is 30.3 Å². The van der Waals surface area contributed by atoms with Crippen molar-refractivity contribution in [3.8, 4) is 5.75 Å². The van der Waals surface area contributed by atoms with Crippen molar-refractivity contribution in [2.45, 2.75) is 12.6 Å². The first kappa shape index (κ1) is 15.5. The Kier molecular flexibility index (Phi) is 4.70. The maximum absolute atomic E-state index is 11.1. The quantitative estimate of drug-likeness (QED) is 0.624. The van der Waals surface area contributed by atoms with Gasteiger partial charge in [-0.25, -0.2) is 0 Å². The third-order valence-electron chi connectivity index (χ3n) is 3.04. The number of carboxylic acids is 1. The lowest BCUT2D eigenvalue weighted by molar-refractivity contribution is -0.386. The number of hydrogen-bond acceptors (Lipinski definition) is 5. The molecule has 114 valence electrons. The van der Waals surface area contributed by atoms with Crippen molar-refractivity contribution in [1.29, 1.82) is 0 Å². The Morgan fingerprint density at radius 3 is 2.55 bits per heavy atom. The summed E-state index contributed by atoms with van der Waals surface area (Å²) in [6, 6.07) is 11.8. The van der Waals surface area contributed by atoms with E-state index in [2.05, 4.69) is 0 Å². The molecule has 0 heterocycles. The second-order valence-electron chi connectivity index (χ2n) is 4.57. The average molecular weight is 302 g/mol. The van der Waals surface area contributed by atoms with E-state index in [0.29, 0.717) is 0 Å². The summed E-state index contributed by atoms with van der Waals surface area (Å²) in [5, 5.41) is 20.0. The second-order valence-corrected chi connectivity index (χ2v) is 4.57. The number of ether oxygens (including phenoxy) is 1. The summed E-state index contributed by atoms with van der Waals surface area (Å²) < 4.78 is 5.45. The van der Waals surface area contributed by atoms with E-state index in [-0.39, 0.29) is 23.6 Å². The number of aliphatic carboxylic acids is 1. The van der Waals surface area contributed by atoms with Crippen molar-refractivity contribution in [2.24, 2.45) is 5.73 Å². The normalized spacial score (nSPS) is 11.7. The molecular formula is C15H14N2O5. The average Bonchev–Trinajstić information content (AvgIpc) is 2.52. The zero-order valence-corrected chi connectivity index (χ0v) is 11.5. The van der Waals surface area contributed by atoms with Gasteiger partial charge >= 0.3 is 11.7 Å². The van der Waals surface area contributed by atoms with E-state index in [4.69, 9.17) is 15.6 Å². The van der Waals surface area contributed by atoms with Gasteiger partial charge in [0.25, 0.3) is 0 Å². The Balaban J connectivity index is 2.24. The van der Waals surface area contributed by atoms with Crippen LogP contribution in [0, 0.1) is 10.1 Å². The van der Waals surface area contributed by atoms with Crippen molar-refractivity contribution in [1.82, 2.24) is 0 Å². The van der Waals surface area contributed by atoms with Gasteiger partial charge in [-0.2, -0.15) is 0 Å². The Morgan fingerprint density at radius 1 is 1.27 bits per heavy atom. The zero-order valence-electron chi connectivity index (χ0n) is 11.5. The van der Waals surface area contributed by atoms with Gasteiger partial charge in [-0.1, -0.05) is 36.4 Å². The number of nitro benzene ring substituents is 1. The van der Waals surface area contributed by atoms with Gasteiger partial charge in [-0.15, -0.1) is 0 Å². The molecule has 7 nitrogen and oxygen atoms in total. The number of carbonyl (C=O) groups is 1. The molecule has 0 saturated heterocycles. The Morgan fingerprint density at radius 2 is 1.95 bits per heavy atom. The van der Waals surface area contributed by atoms with E-state index in [9.17, 15) is 14.9 Å². The van der Waals surface area contributed by atoms with Gasteiger partial charge in [0.1, 0.15) is 12.6 Å². The summed E-state index contributed by atoms with van der Waals surface area (Å²) in [5.74, 6) is -1.19. The van der Waals surface area contributed by atoms with Crippen molar-refractivity contribution in [3.05, 3.63) is 69.8 Å². The Labute approximate surface area is 126 Å². The fourth-order valence-corrected chi connectivity index (χ4v) is 1.87. The molecule has 0 amide bonds. The molecule has 0 aliphatic carbocycles. The smallest absolute Gasteiger partial charge is 0.325 e. The summed E-state index contributed by atoms with van der Waals surface area (Å²) in [6.07, 6.45) is 0. The SMILES string of the molecule is N[C@H](C(=O)O)c1ccc(OCc2ccccc2)c([N+](=O)[O-])c1. The number of nitrogens with zero attached hydrogens (tertiary/aromatic N) is 1. The second kappa shape index (κ2) is 6.68. The van der Waals surface area contributed by atoms with Crippen LogP contribution < -0.4 is 10.5 Å². The molecule has 2 aromatic carbocycles. The molecule has 0 aromatic heterocycles. The molecule has 0 spiro atoms. The van der Waals surface area contributed by atoms with Crippen molar-refractivity contribution < 1.29 is 19.6 Å². The van der Waals surface area contributed by atoms with E-state index in [1.165, 1.54) is 12.1 Å². The first-order valence-electron chi connectivity index (χ1n) is 6.42. The first-order valence-corrected chi connectivity index (χ1v) is 6.42. The fraction of sp³-hybridized carbons (Fsp3) is 0.133. The van der Waals surface area contributed by atoms with Gasteiger partial charge in [0, 0.05) is 6.07 Å². The third kappa shape index (κ3) is 3.58. The summed E-state index contributed by atoms with van der Waals surface area (Å²) >= 11 is 0. The molecule has 2 aromatic rings. The standard InChI is InChI=1S/C15H14N2O5/c16-14(15(18)19)11-6-7-13(12(8-11)17(20)21)22-9-10-4-2-1-3-5-10/h1-8,14H,9,16H2,(H,18,19)/t14-/m0/s1. The number of hydrogen-bond donors (Lipinski definition) is 2. The molecule has 7 heteroatoms. The maximum Gasteiger partial charge on any atom is 0.325 e. The van der Waals surface area contributed by atoms with Crippen LogP contribution in [-0.4, -0.2) is 16.0 Å². The van der Waals surface area contributed by atoms with Gasteiger partial charge < -0.3 is 15.6 Å². The molecule has 0 saturated carbocycles. The molecule has 0 aliphatic rings. The number of carboxylic acid groups (broad SMARTS) is 1. The summed E-state index contributed by atoms with van der Waals surface area (Å²) in [5.41, 5.74) is 6.15. The lowest BCUT2D eigenvalue weighted by Crippen LogP contribution is -2.20. The van der Waals surface area contributed by atoms with Crippen LogP contribution in [0.3, 0.4) is 0 Å². The highest BCUT2D eigenvalue weighted by molar-refractivity contribution is 5.75. The molecule has 0 fully saturated rings. The number of nitro groups is 1. The largest absolute Gasteiger partial charge is 0.482 e. The molecule has 0 bridgehead atoms. The van der Waals surface area contributed by atoms with Crippen LogP contribution in [0.15, 0.2) is 48.5 Å². The molecule has 0 aliphatic heterocycles. The first-order chi connectivity index (χ1) is 10.5. The molecule has 0 radical (unpaired) electrons. The van der Waals surface area contributed by atoms with Gasteiger partial charge in [0.05, 0.1) is 4.92 Å². The number of rotatable bonds is 6. The molecule has 0 unspecified atom stereocenters. The highest BCUT2D eigenvalue weighted by Crippen LogP contribution is 2.30. The minimum absolute atomic E-state index is 0.0650. The summed E-state index contributed by atoms with van der Waals surface area (Å²) in [4.78, 5) is 21.3. The molecular weight excluding hydrogens is 288 g/mol. The van der Waals surface area contributed by atoms with E-state index < -0.39 is 16.9 Å². The van der Waals surface area contributed by atoms with Crippen LogP contribution in [0.25, 0.3) is 0 Å². The summed E-state index contributed by atoms with van der Waals surface area (Å²) in [6.45, 7) is 0.173. The van der Waals surface area contributed by atoms with Gasteiger partial charge in [-0.3, -0.25) is 14.9 Å². The topological polar surface area (TPSA) is 116 Å². The Bertz CT molecular complexity index is 688. The van der Waals surface area contributed by atoms with Crippen LogP contribution in [0.1, 0.15) is 17.2 Å². The van der Waals surface area contributed by atoms with Crippen LogP contribution >= 0.6 is 0 Å². The maximum atomic E-state index is 11.1. The van der Waals surface area contributed by atoms with Gasteiger partial charge in [0.15, 0.2) is 5.75 Å². The molecule has 2 rings (SSSR count).